The van der Waals surface area contributed by atoms with Crippen LogP contribution in [0, 0.1) is 0 Å². The highest BCUT2D eigenvalue weighted by atomic mass is 16.2. The molecule has 2 saturated heterocycles. The van der Waals surface area contributed by atoms with Gasteiger partial charge >= 0.3 is 0 Å². The van der Waals surface area contributed by atoms with E-state index in [1.807, 2.05) is 0 Å². The Bertz CT molecular complexity index is 274. The summed E-state index contributed by atoms with van der Waals surface area (Å²) >= 11 is 0. The van der Waals surface area contributed by atoms with Gasteiger partial charge in [-0.2, -0.15) is 0 Å². The number of hydrogen-bond acceptors (Lipinski definition) is 3. The minimum absolute atomic E-state index is 0.0106. The van der Waals surface area contributed by atoms with E-state index < -0.39 is 0 Å². The summed E-state index contributed by atoms with van der Waals surface area (Å²) in [5.41, 5.74) is 0. The zero-order chi connectivity index (χ0) is 11.4. The molecule has 2 unspecified atom stereocenters. The van der Waals surface area contributed by atoms with Crippen molar-refractivity contribution < 1.29 is 9.59 Å². The molecule has 2 heterocycles. The second kappa shape index (κ2) is 5.30. The van der Waals surface area contributed by atoms with Gasteiger partial charge in [0.1, 0.15) is 0 Å². The van der Waals surface area contributed by atoms with Gasteiger partial charge in [-0.15, -0.1) is 0 Å². The lowest BCUT2D eigenvalue weighted by Crippen LogP contribution is -2.42. The van der Waals surface area contributed by atoms with Gasteiger partial charge in [-0.1, -0.05) is 6.42 Å². The highest BCUT2D eigenvalue weighted by Gasteiger charge is 2.24. The Labute approximate surface area is 95.3 Å². The molecule has 0 aliphatic carbocycles. The van der Waals surface area contributed by atoms with Crippen LogP contribution in [0.5, 0.6) is 0 Å². The molecule has 2 aliphatic rings. The number of carbonyl (C=O) groups excluding carboxylic acids is 2. The molecule has 0 aromatic carbocycles. The van der Waals surface area contributed by atoms with Crippen molar-refractivity contribution in [1.29, 1.82) is 0 Å². The average Bonchev–Trinajstić information content (AvgIpc) is 2.65. The number of hydrogen-bond donors (Lipinski definition) is 3. The maximum absolute atomic E-state index is 11.7. The standard InChI is InChI=1S/C11H19N3O2/c15-10-6-9(7-13-10)14-11(16)5-8-3-1-2-4-12-8/h8-9,12H,1-7H2,(H,13,15)(H,14,16). The number of piperidine rings is 1. The van der Waals surface area contributed by atoms with Crippen molar-refractivity contribution in [2.24, 2.45) is 0 Å². The van der Waals surface area contributed by atoms with Gasteiger partial charge in [-0.3, -0.25) is 9.59 Å². The third-order valence-corrected chi connectivity index (χ3v) is 3.19. The van der Waals surface area contributed by atoms with Gasteiger partial charge in [0.2, 0.25) is 11.8 Å². The van der Waals surface area contributed by atoms with Crippen LogP contribution in [0.25, 0.3) is 0 Å². The number of nitrogens with one attached hydrogen (secondary N) is 3. The lowest BCUT2D eigenvalue weighted by atomic mass is 10.0. The first-order valence-electron chi connectivity index (χ1n) is 6.03. The maximum Gasteiger partial charge on any atom is 0.222 e. The van der Waals surface area contributed by atoms with Gasteiger partial charge in [-0.25, -0.2) is 0 Å². The summed E-state index contributed by atoms with van der Waals surface area (Å²) in [4.78, 5) is 22.6. The molecule has 2 amide bonds. The van der Waals surface area contributed by atoms with Crippen molar-refractivity contribution in [1.82, 2.24) is 16.0 Å². The van der Waals surface area contributed by atoms with E-state index in [0.29, 0.717) is 25.4 Å². The van der Waals surface area contributed by atoms with Gasteiger partial charge in [0.25, 0.3) is 0 Å². The molecule has 5 nitrogen and oxygen atoms in total. The lowest BCUT2D eigenvalue weighted by Gasteiger charge is -2.23. The van der Waals surface area contributed by atoms with Crippen LogP contribution in [-0.4, -0.2) is 37.0 Å². The second-order valence-corrected chi connectivity index (χ2v) is 4.62. The van der Waals surface area contributed by atoms with E-state index in [1.165, 1.54) is 12.8 Å². The molecular weight excluding hydrogens is 206 g/mol. The molecule has 90 valence electrons. The molecule has 0 saturated carbocycles. The molecule has 16 heavy (non-hydrogen) atoms. The molecule has 2 atom stereocenters. The maximum atomic E-state index is 11.7. The minimum atomic E-state index is -0.0106. The molecule has 0 bridgehead atoms. The summed E-state index contributed by atoms with van der Waals surface area (Å²) in [7, 11) is 0. The van der Waals surface area contributed by atoms with E-state index in [0.717, 1.165) is 13.0 Å². The fraction of sp³-hybridized carbons (Fsp3) is 0.818. The van der Waals surface area contributed by atoms with Gasteiger partial charge in [-0.05, 0) is 19.4 Å². The van der Waals surface area contributed by atoms with Crippen molar-refractivity contribution in [3.63, 3.8) is 0 Å². The molecule has 0 radical (unpaired) electrons. The Morgan fingerprint density at radius 3 is 2.94 bits per heavy atom. The van der Waals surface area contributed by atoms with E-state index in [9.17, 15) is 9.59 Å². The Balaban J connectivity index is 1.69. The normalized spacial score (nSPS) is 29.9. The Hall–Kier alpha value is -1.10. The summed E-state index contributed by atoms with van der Waals surface area (Å²) in [6, 6.07) is 0.308. The molecule has 2 fully saturated rings. The van der Waals surface area contributed by atoms with Crippen molar-refractivity contribution in [2.75, 3.05) is 13.1 Å². The smallest absolute Gasteiger partial charge is 0.222 e. The Kier molecular flexibility index (Phi) is 3.77. The van der Waals surface area contributed by atoms with Crippen LogP contribution in [0.3, 0.4) is 0 Å². The third-order valence-electron chi connectivity index (χ3n) is 3.19. The zero-order valence-electron chi connectivity index (χ0n) is 9.42. The lowest BCUT2D eigenvalue weighted by molar-refractivity contribution is -0.122. The fourth-order valence-electron chi connectivity index (χ4n) is 2.32. The summed E-state index contributed by atoms with van der Waals surface area (Å²) in [6.45, 7) is 1.59. The second-order valence-electron chi connectivity index (χ2n) is 4.62. The van der Waals surface area contributed by atoms with Gasteiger partial charge in [0.05, 0.1) is 6.04 Å². The summed E-state index contributed by atoms with van der Waals surface area (Å²) in [5, 5.41) is 8.94. The molecule has 0 spiro atoms. The predicted molar refractivity (Wildman–Crippen MR) is 59.8 cm³/mol. The molecule has 2 rings (SSSR count). The van der Waals surface area contributed by atoms with Crippen LogP contribution in [0.4, 0.5) is 0 Å². The van der Waals surface area contributed by atoms with Gasteiger partial charge in [0, 0.05) is 25.4 Å². The quantitative estimate of drug-likeness (QED) is 0.608. The van der Waals surface area contributed by atoms with Crippen molar-refractivity contribution in [3.05, 3.63) is 0 Å². The van der Waals surface area contributed by atoms with Gasteiger partial charge < -0.3 is 16.0 Å². The van der Waals surface area contributed by atoms with Crippen LogP contribution < -0.4 is 16.0 Å². The van der Waals surface area contributed by atoms with E-state index in [1.54, 1.807) is 0 Å². The van der Waals surface area contributed by atoms with Crippen molar-refractivity contribution in [3.8, 4) is 0 Å². The van der Waals surface area contributed by atoms with E-state index in [-0.39, 0.29) is 17.9 Å². The summed E-state index contributed by atoms with van der Waals surface area (Å²) in [5.74, 6) is 0.0852. The molecule has 0 aromatic heterocycles. The topological polar surface area (TPSA) is 70.2 Å². The molecule has 5 heteroatoms. The predicted octanol–water partition coefficient (Wildman–Crippen LogP) is -0.477. The van der Waals surface area contributed by atoms with Crippen molar-refractivity contribution in [2.45, 2.75) is 44.2 Å². The fourth-order valence-corrected chi connectivity index (χ4v) is 2.32. The zero-order valence-corrected chi connectivity index (χ0v) is 9.42. The van der Waals surface area contributed by atoms with E-state index >= 15 is 0 Å². The van der Waals surface area contributed by atoms with E-state index in [2.05, 4.69) is 16.0 Å². The molecule has 0 aromatic rings. The van der Waals surface area contributed by atoms with Crippen LogP contribution >= 0.6 is 0 Å². The van der Waals surface area contributed by atoms with Crippen LogP contribution in [-0.2, 0) is 9.59 Å². The number of rotatable bonds is 3. The Morgan fingerprint density at radius 1 is 1.44 bits per heavy atom. The van der Waals surface area contributed by atoms with E-state index in [4.69, 9.17) is 0 Å². The number of carbonyl (C=O) groups is 2. The molecular formula is C11H19N3O2. The van der Waals surface area contributed by atoms with Crippen LogP contribution in [0.1, 0.15) is 32.1 Å². The highest BCUT2D eigenvalue weighted by Crippen LogP contribution is 2.10. The first kappa shape index (κ1) is 11.4. The summed E-state index contributed by atoms with van der Waals surface area (Å²) < 4.78 is 0. The highest BCUT2D eigenvalue weighted by molar-refractivity contribution is 5.82. The monoisotopic (exact) mass is 225 g/mol. The largest absolute Gasteiger partial charge is 0.354 e. The molecule has 3 N–H and O–H groups in total. The summed E-state index contributed by atoms with van der Waals surface area (Å²) in [6.07, 6.45) is 4.44. The molecule has 2 aliphatic heterocycles. The SMILES string of the molecule is O=C1CC(NC(=O)CC2CCCCN2)CN1. The minimum Gasteiger partial charge on any atom is -0.354 e. The van der Waals surface area contributed by atoms with Gasteiger partial charge in [0.15, 0.2) is 0 Å². The first-order valence-corrected chi connectivity index (χ1v) is 6.03. The van der Waals surface area contributed by atoms with Crippen LogP contribution in [0.2, 0.25) is 0 Å². The number of amides is 2. The van der Waals surface area contributed by atoms with Crippen molar-refractivity contribution >= 4 is 11.8 Å². The third kappa shape index (κ3) is 3.20. The Morgan fingerprint density at radius 2 is 2.31 bits per heavy atom. The van der Waals surface area contributed by atoms with Crippen LogP contribution in [0.15, 0.2) is 0 Å². The first-order chi connectivity index (χ1) is 7.74. The average molecular weight is 225 g/mol.